The van der Waals surface area contributed by atoms with Gasteiger partial charge in [0.25, 0.3) is 0 Å². The molecular formula is C39H52N6O5S2. The van der Waals surface area contributed by atoms with Crippen LogP contribution in [-0.4, -0.2) is 69.3 Å². The van der Waals surface area contributed by atoms with Gasteiger partial charge in [-0.05, 0) is 49.1 Å². The van der Waals surface area contributed by atoms with E-state index in [1.54, 1.807) is 30.1 Å². The summed E-state index contributed by atoms with van der Waals surface area (Å²) in [6, 6.07) is 16.8. The van der Waals surface area contributed by atoms with Crippen LogP contribution in [0.5, 0.6) is 0 Å². The van der Waals surface area contributed by atoms with Gasteiger partial charge in [0.1, 0.15) is 12.6 Å². The first-order chi connectivity index (χ1) is 25.1. The smallest absolute Gasteiger partial charge is 0.407 e. The van der Waals surface area contributed by atoms with Crippen molar-refractivity contribution in [2.45, 2.75) is 103 Å². The molecule has 280 valence electrons. The van der Waals surface area contributed by atoms with E-state index >= 15 is 0 Å². The molecule has 52 heavy (non-hydrogen) atoms. The van der Waals surface area contributed by atoms with Gasteiger partial charge in [-0.3, -0.25) is 9.78 Å². The van der Waals surface area contributed by atoms with E-state index in [9.17, 15) is 19.5 Å². The van der Waals surface area contributed by atoms with Crippen LogP contribution in [0.2, 0.25) is 0 Å². The summed E-state index contributed by atoms with van der Waals surface area (Å²) >= 11 is 3.00. The van der Waals surface area contributed by atoms with E-state index in [0.717, 1.165) is 39.5 Å². The van der Waals surface area contributed by atoms with E-state index in [1.165, 1.54) is 16.2 Å². The molecule has 13 heteroatoms. The molecule has 0 aliphatic carbocycles. The highest BCUT2D eigenvalue weighted by Gasteiger charge is 2.31. The number of aliphatic hydroxyl groups excluding tert-OH is 1. The van der Waals surface area contributed by atoms with Crippen LogP contribution in [0.4, 0.5) is 9.59 Å². The van der Waals surface area contributed by atoms with Gasteiger partial charge in [0, 0.05) is 30.6 Å². The number of benzene rings is 2. The Hall–Kier alpha value is -4.33. The number of carbonyl (C=O) groups is 3. The average Bonchev–Trinajstić information content (AvgIpc) is 3.83. The third-order valence-corrected chi connectivity index (χ3v) is 10.8. The Morgan fingerprint density at radius 3 is 2.15 bits per heavy atom. The number of thiazole rings is 2. The zero-order valence-electron chi connectivity index (χ0n) is 30.7. The molecule has 4 rings (SSSR count). The van der Waals surface area contributed by atoms with Gasteiger partial charge in [0.15, 0.2) is 0 Å². The van der Waals surface area contributed by atoms with Gasteiger partial charge >= 0.3 is 12.1 Å². The van der Waals surface area contributed by atoms with Crippen molar-refractivity contribution >= 4 is 40.7 Å². The predicted molar refractivity (Wildman–Crippen MR) is 206 cm³/mol. The van der Waals surface area contributed by atoms with Crippen LogP contribution in [0.25, 0.3) is 0 Å². The SMILES string of the molecule is CCC(CC)c1nc(CN(C)C(=O)NC(C(=O)N[C@@H](Cc2ccccc2)C[C@H](O)[C@H](Cc2ccccc2)NC(=O)OCc2cncs2)C(C)C)cs1. The number of aliphatic hydroxyl groups is 1. The lowest BCUT2D eigenvalue weighted by Gasteiger charge is -2.30. The number of hydrogen-bond donors (Lipinski definition) is 4. The molecule has 0 saturated heterocycles. The number of amides is 4. The van der Waals surface area contributed by atoms with Crippen LogP contribution < -0.4 is 16.0 Å². The number of aromatic nitrogens is 2. The van der Waals surface area contributed by atoms with Crippen molar-refractivity contribution in [1.29, 1.82) is 0 Å². The second-order valence-electron chi connectivity index (χ2n) is 13.4. The Morgan fingerprint density at radius 1 is 0.904 bits per heavy atom. The maximum absolute atomic E-state index is 13.9. The summed E-state index contributed by atoms with van der Waals surface area (Å²) < 4.78 is 5.44. The first-order valence-corrected chi connectivity index (χ1v) is 19.6. The Bertz CT molecular complexity index is 1650. The summed E-state index contributed by atoms with van der Waals surface area (Å²) in [4.78, 5) is 51.4. The maximum atomic E-state index is 13.9. The summed E-state index contributed by atoms with van der Waals surface area (Å²) in [5.41, 5.74) is 4.38. The van der Waals surface area contributed by atoms with E-state index in [-0.39, 0.29) is 30.9 Å². The summed E-state index contributed by atoms with van der Waals surface area (Å²) in [6.07, 6.45) is 2.86. The molecule has 4 amide bonds. The molecule has 0 radical (unpaired) electrons. The molecule has 1 unspecified atom stereocenters. The third-order valence-electron chi connectivity index (χ3n) is 8.97. The van der Waals surface area contributed by atoms with Gasteiger partial charge in [0.2, 0.25) is 5.91 Å². The fourth-order valence-electron chi connectivity index (χ4n) is 5.95. The van der Waals surface area contributed by atoms with Gasteiger partial charge in [-0.15, -0.1) is 22.7 Å². The van der Waals surface area contributed by atoms with Crippen molar-refractivity contribution in [2.24, 2.45) is 5.92 Å². The second-order valence-corrected chi connectivity index (χ2v) is 15.3. The molecule has 4 atom stereocenters. The summed E-state index contributed by atoms with van der Waals surface area (Å²) in [7, 11) is 1.69. The van der Waals surface area contributed by atoms with Crippen molar-refractivity contribution in [2.75, 3.05) is 7.05 Å². The van der Waals surface area contributed by atoms with Gasteiger partial charge < -0.3 is 30.7 Å². The summed E-state index contributed by atoms with van der Waals surface area (Å²) in [6.45, 7) is 8.45. The lowest BCUT2D eigenvalue weighted by molar-refractivity contribution is -0.124. The Morgan fingerprint density at radius 2 is 1.56 bits per heavy atom. The van der Waals surface area contributed by atoms with Crippen molar-refractivity contribution in [3.8, 4) is 0 Å². The number of nitrogens with zero attached hydrogens (tertiary/aromatic N) is 3. The number of hydrogen-bond acceptors (Lipinski definition) is 9. The van der Waals surface area contributed by atoms with E-state index in [4.69, 9.17) is 9.72 Å². The van der Waals surface area contributed by atoms with Crippen molar-refractivity contribution in [3.05, 3.63) is 104 Å². The standard InChI is InChI=1S/C39H52N6O5S2/c1-6-29(7-2)37-42-31(24-51-37)22-45(5)38(48)44-35(26(3)4)36(47)41-30(18-27-14-10-8-11-15-27)20-34(46)33(19-28-16-12-9-13-17-28)43-39(49)50-23-32-21-40-25-52-32/h8-17,21,24-26,29-30,33-35,46H,6-7,18-20,22-23H2,1-5H3,(H,41,47)(H,43,49)(H,44,48)/t30-,33-,34-,35?/m0/s1. The van der Waals surface area contributed by atoms with Crippen molar-refractivity contribution < 1.29 is 24.2 Å². The number of ether oxygens (including phenoxy) is 1. The molecule has 4 aromatic rings. The van der Waals surface area contributed by atoms with Crippen molar-refractivity contribution in [1.82, 2.24) is 30.8 Å². The topological polar surface area (TPSA) is 146 Å². The van der Waals surface area contributed by atoms with Crippen LogP contribution in [0.1, 0.15) is 79.6 Å². The normalized spacial score (nSPS) is 13.6. The number of rotatable bonds is 19. The number of alkyl carbamates (subject to hydrolysis) is 1. The molecule has 11 nitrogen and oxygen atoms in total. The fraction of sp³-hybridized carbons (Fsp3) is 0.462. The molecule has 2 heterocycles. The van der Waals surface area contributed by atoms with E-state index < -0.39 is 30.3 Å². The molecule has 0 bridgehead atoms. The lowest BCUT2D eigenvalue weighted by Crippen LogP contribution is -2.55. The Kier molecular flexibility index (Phi) is 16.1. The molecule has 0 spiro atoms. The summed E-state index contributed by atoms with van der Waals surface area (Å²) in [5, 5.41) is 23.7. The highest BCUT2D eigenvalue weighted by molar-refractivity contribution is 7.09. The first kappa shape index (κ1) is 40.4. The van der Waals surface area contributed by atoms with Crippen LogP contribution in [0, 0.1) is 5.92 Å². The monoisotopic (exact) mass is 748 g/mol. The molecule has 2 aromatic heterocycles. The largest absolute Gasteiger partial charge is 0.444 e. The second kappa shape index (κ2) is 20.6. The quantitative estimate of drug-likeness (QED) is 0.0837. The lowest BCUT2D eigenvalue weighted by atomic mass is 9.93. The van der Waals surface area contributed by atoms with Crippen LogP contribution >= 0.6 is 22.7 Å². The molecule has 4 N–H and O–H groups in total. The highest BCUT2D eigenvalue weighted by atomic mass is 32.1. The zero-order valence-corrected chi connectivity index (χ0v) is 32.3. The van der Waals surface area contributed by atoms with Crippen LogP contribution in [0.15, 0.2) is 77.8 Å². The molecule has 0 saturated carbocycles. The number of nitrogens with one attached hydrogen (secondary N) is 3. The Balaban J connectivity index is 1.46. The van der Waals surface area contributed by atoms with E-state index in [1.807, 2.05) is 79.9 Å². The summed E-state index contributed by atoms with van der Waals surface area (Å²) in [5.74, 6) is -0.172. The molecular weight excluding hydrogens is 697 g/mol. The minimum atomic E-state index is -1.05. The third kappa shape index (κ3) is 12.7. The average molecular weight is 749 g/mol. The first-order valence-electron chi connectivity index (χ1n) is 17.9. The maximum Gasteiger partial charge on any atom is 0.407 e. The number of carbonyl (C=O) groups excluding carboxylic acids is 3. The highest BCUT2D eigenvalue weighted by Crippen LogP contribution is 2.26. The minimum absolute atomic E-state index is 0.0673. The van der Waals surface area contributed by atoms with Crippen molar-refractivity contribution in [3.63, 3.8) is 0 Å². The van der Waals surface area contributed by atoms with Gasteiger partial charge in [-0.1, -0.05) is 88.4 Å². The van der Waals surface area contributed by atoms with Gasteiger partial charge in [-0.25, -0.2) is 14.6 Å². The van der Waals surface area contributed by atoms with Gasteiger partial charge in [0.05, 0.1) is 39.8 Å². The molecule has 0 aliphatic rings. The number of urea groups is 1. The van der Waals surface area contributed by atoms with Gasteiger partial charge in [-0.2, -0.15) is 0 Å². The van der Waals surface area contributed by atoms with E-state index in [2.05, 4.69) is 34.8 Å². The van der Waals surface area contributed by atoms with Crippen LogP contribution in [0.3, 0.4) is 0 Å². The molecule has 2 aromatic carbocycles. The fourth-order valence-corrected chi connectivity index (χ4v) is 7.53. The Labute approximate surface area is 315 Å². The minimum Gasteiger partial charge on any atom is -0.444 e. The zero-order chi connectivity index (χ0) is 37.5. The van der Waals surface area contributed by atoms with E-state index in [0.29, 0.717) is 25.3 Å². The molecule has 0 aliphatic heterocycles. The van der Waals surface area contributed by atoms with Crippen LogP contribution in [-0.2, 0) is 35.5 Å². The molecule has 0 fully saturated rings. The predicted octanol–water partition coefficient (Wildman–Crippen LogP) is 6.69.